The van der Waals surface area contributed by atoms with E-state index in [0.29, 0.717) is 26.4 Å². The van der Waals surface area contributed by atoms with Crippen molar-refractivity contribution in [3.05, 3.63) is 0 Å². The highest BCUT2D eigenvalue weighted by molar-refractivity contribution is 4.71. The van der Waals surface area contributed by atoms with Gasteiger partial charge in [-0.15, -0.1) is 0 Å². The molecule has 0 rings (SSSR count). The molecular weight excluding hydrogens is 196 g/mol. The first-order chi connectivity index (χ1) is 7.18. The average molecular weight is 220 g/mol. The summed E-state index contributed by atoms with van der Waals surface area (Å²) in [7, 11) is 0. The first kappa shape index (κ1) is 14.8. The lowest BCUT2D eigenvalue weighted by Gasteiger charge is -2.27. The minimum atomic E-state index is 0.0702. The van der Waals surface area contributed by atoms with Crippen molar-refractivity contribution < 1.29 is 19.7 Å². The van der Waals surface area contributed by atoms with Gasteiger partial charge in [0.2, 0.25) is 0 Å². The van der Waals surface area contributed by atoms with Crippen LogP contribution in [0, 0.1) is 5.41 Å². The fourth-order valence-corrected chi connectivity index (χ4v) is 1.22. The molecule has 0 aliphatic rings. The summed E-state index contributed by atoms with van der Waals surface area (Å²) >= 11 is 0. The van der Waals surface area contributed by atoms with E-state index in [1.54, 1.807) is 0 Å². The van der Waals surface area contributed by atoms with E-state index in [1.165, 1.54) is 0 Å². The van der Waals surface area contributed by atoms with Gasteiger partial charge in [-0.25, -0.2) is 0 Å². The number of aliphatic hydroxyl groups is 2. The van der Waals surface area contributed by atoms with Crippen LogP contribution in [0.4, 0.5) is 0 Å². The Bertz CT molecular complexity index is 141. The second kappa shape index (κ2) is 9.09. The van der Waals surface area contributed by atoms with Gasteiger partial charge in [0.1, 0.15) is 0 Å². The van der Waals surface area contributed by atoms with E-state index in [-0.39, 0.29) is 18.6 Å². The minimum absolute atomic E-state index is 0.0702. The van der Waals surface area contributed by atoms with Crippen molar-refractivity contribution in [2.24, 2.45) is 5.41 Å². The zero-order chi connectivity index (χ0) is 11.6. The molecule has 0 aliphatic heterocycles. The van der Waals surface area contributed by atoms with E-state index in [4.69, 9.17) is 19.7 Å². The van der Waals surface area contributed by atoms with Gasteiger partial charge in [-0.2, -0.15) is 0 Å². The Morgan fingerprint density at radius 2 is 1.60 bits per heavy atom. The van der Waals surface area contributed by atoms with Crippen LogP contribution in [0.1, 0.15) is 26.7 Å². The zero-order valence-corrected chi connectivity index (χ0v) is 9.87. The van der Waals surface area contributed by atoms with Crippen LogP contribution in [0.25, 0.3) is 0 Å². The molecule has 0 spiro atoms. The monoisotopic (exact) mass is 220 g/mol. The van der Waals surface area contributed by atoms with Gasteiger partial charge in [-0.3, -0.25) is 0 Å². The maximum absolute atomic E-state index is 8.60. The Balaban J connectivity index is 3.65. The minimum Gasteiger partial charge on any atom is -0.394 e. The highest BCUT2D eigenvalue weighted by Gasteiger charge is 2.21. The standard InChI is InChI=1S/C11H24O4/c1-3-11(2,10-15-9-6-13)4-7-14-8-5-12/h12-13H,3-10H2,1-2H3. The van der Waals surface area contributed by atoms with E-state index >= 15 is 0 Å². The summed E-state index contributed by atoms with van der Waals surface area (Å²) in [6, 6.07) is 0. The summed E-state index contributed by atoms with van der Waals surface area (Å²) in [6.07, 6.45) is 1.93. The Labute approximate surface area is 92.2 Å². The van der Waals surface area contributed by atoms with Crippen LogP contribution < -0.4 is 0 Å². The molecule has 0 amide bonds. The van der Waals surface area contributed by atoms with Crippen LogP contribution in [-0.4, -0.2) is 49.9 Å². The molecule has 1 unspecified atom stereocenters. The van der Waals surface area contributed by atoms with Gasteiger partial charge in [0, 0.05) is 6.61 Å². The molecule has 0 aromatic carbocycles. The van der Waals surface area contributed by atoms with Crippen molar-refractivity contribution in [3.63, 3.8) is 0 Å². The molecule has 0 fully saturated rings. The summed E-state index contributed by atoms with van der Waals surface area (Å²) in [5.74, 6) is 0. The van der Waals surface area contributed by atoms with Gasteiger partial charge in [0.05, 0.1) is 33.0 Å². The zero-order valence-electron chi connectivity index (χ0n) is 9.87. The third-order valence-electron chi connectivity index (χ3n) is 2.63. The number of aliphatic hydroxyl groups excluding tert-OH is 2. The van der Waals surface area contributed by atoms with Crippen LogP contribution in [-0.2, 0) is 9.47 Å². The Morgan fingerprint density at radius 1 is 1.00 bits per heavy atom. The van der Waals surface area contributed by atoms with Crippen molar-refractivity contribution in [2.75, 3.05) is 39.6 Å². The lowest BCUT2D eigenvalue weighted by molar-refractivity contribution is 0.00561. The molecule has 1 atom stereocenters. The summed E-state index contributed by atoms with van der Waals surface area (Å²) in [6.45, 7) is 6.50. The first-order valence-corrected chi connectivity index (χ1v) is 5.55. The van der Waals surface area contributed by atoms with Crippen molar-refractivity contribution in [1.29, 1.82) is 0 Å². The quantitative estimate of drug-likeness (QED) is 0.535. The molecule has 4 heteroatoms. The fourth-order valence-electron chi connectivity index (χ4n) is 1.22. The molecule has 0 saturated carbocycles. The van der Waals surface area contributed by atoms with E-state index < -0.39 is 0 Å². The maximum atomic E-state index is 8.60. The van der Waals surface area contributed by atoms with Crippen molar-refractivity contribution in [2.45, 2.75) is 26.7 Å². The summed E-state index contributed by atoms with van der Waals surface area (Å²) < 4.78 is 10.6. The molecule has 0 bridgehead atoms. The smallest absolute Gasteiger partial charge is 0.0697 e. The van der Waals surface area contributed by atoms with Gasteiger partial charge in [0.15, 0.2) is 0 Å². The van der Waals surface area contributed by atoms with Crippen LogP contribution >= 0.6 is 0 Å². The molecule has 2 N–H and O–H groups in total. The van der Waals surface area contributed by atoms with E-state index in [2.05, 4.69) is 13.8 Å². The van der Waals surface area contributed by atoms with Crippen molar-refractivity contribution >= 4 is 0 Å². The summed E-state index contributed by atoms with van der Waals surface area (Å²) in [5, 5.41) is 17.2. The molecule has 0 saturated heterocycles. The fraction of sp³-hybridized carbons (Fsp3) is 1.00. The third-order valence-corrected chi connectivity index (χ3v) is 2.63. The van der Waals surface area contributed by atoms with Crippen molar-refractivity contribution in [1.82, 2.24) is 0 Å². The second-order valence-electron chi connectivity index (χ2n) is 4.03. The van der Waals surface area contributed by atoms with Gasteiger partial charge in [0.25, 0.3) is 0 Å². The van der Waals surface area contributed by atoms with Crippen LogP contribution in [0.15, 0.2) is 0 Å². The van der Waals surface area contributed by atoms with Gasteiger partial charge in [-0.1, -0.05) is 13.8 Å². The Hall–Kier alpha value is -0.160. The molecule has 15 heavy (non-hydrogen) atoms. The number of hydrogen-bond donors (Lipinski definition) is 2. The lowest BCUT2D eigenvalue weighted by atomic mass is 9.85. The van der Waals surface area contributed by atoms with Crippen LogP contribution in [0.2, 0.25) is 0 Å². The molecule has 0 aliphatic carbocycles. The topological polar surface area (TPSA) is 58.9 Å². The number of ether oxygens (including phenoxy) is 2. The highest BCUT2D eigenvalue weighted by atomic mass is 16.5. The number of hydrogen-bond acceptors (Lipinski definition) is 4. The lowest BCUT2D eigenvalue weighted by Crippen LogP contribution is -2.25. The third kappa shape index (κ3) is 7.73. The molecule has 0 aromatic heterocycles. The van der Waals surface area contributed by atoms with Crippen LogP contribution in [0.3, 0.4) is 0 Å². The normalized spacial score (nSPS) is 15.2. The summed E-state index contributed by atoms with van der Waals surface area (Å²) in [4.78, 5) is 0. The highest BCUT2D eigenvalue weighted by Crippen LogP contribution is 2.25. The maximum Gasteiger partial charge on any atom is 0.0697 e. The first-order valence-electron chi connectivity index (χ1n) is 5.55. The molecular formula is C11H24O4. The molecule has 0 heterocycles. The van der Waals surface area contributed by atoms with E-state index in [9.17, 15) is 0 Å². The predicted molar refractivity (Wildman–Crippen MR) is 58.8 cm³/mol. The summed E-state index contributed by atoms with van der Waals surface area (Å²) in [5.41, 5.74) is 0.102. The van der Waals surface area contributed by atoms with E-state index in [0.717, 1.165) is 12.8 Å². The molecule has 0 radical (unpaired) electrons. The molecule has 0 aromatic rings. The Morgan fingerprint density at radius 3 is 2.13 bits per heavy atom. The number of rotatable bonds is 10. The van der Waals surface area contributed by atoms with Gasteiger partial charge in [-0.05, 0) is 18.3 Å². The largest absolute Gasteiger partial charge is 0.394 e. The van der Waals surface area contributed by atoms with Gasteiger partial charge < -0.3 is 19.7 Å². The van der Waals surface area contributed by atoms with E-state index in [1.807, 2.05) is 0 Å². The Kier molecular flexibility index (Phi) is 9.00. The molecule has 92 valence electrons. The predicted octanol–water partition coefficient (Wildman–Crippen LogP) is 0.811. The molecule has 4 nitrogen and oxygen atoms in total. The van der Waals surface area contributed by atoms with Gasteiger partial charge >= 0.3 is 0 Å². The second-order valence-corrected chi connectivity index (χ2v) is 4.03. The average Bonchev–Trinajstić information content (AvgIpc) is 2.25. The SMILES string of the molecule is CCC(C)(CCOCCO)COCCO. The van der Waals surface area contributed by atoms with Crippen molar-refractivity contribution in [3.8, 4) is 0 Å². The van der Waals surface area contributed by atoms with Crippen LogP contribution in [0.5, 0.6) is 0 Å².